The first-order chi connectivity index (χ1) is 7.67. The van der Waals surface area contributed by atoms with E-state index in [4.69, 9.17) is 5.84 Å². The minimum Gasteiger partial charge on any atom is -0.385 e. The topological polar surface area (TPSA) is 75.3 Å². The van der Waals surface area contributed by atoms with Gasteiger partial charge in [-0.2, -0.15) is 0 Å². The van der Waals surface area contributed by atoms with E-state index in [0.717, 1.165) is 37.7 Å². The van der Waals surface area contributed by atoms with Crippen molar-refractivity contribution in [2.24, 2.45) is 5.84 Å². The number of thiophene rings is 1. The van der Waals surface area contributed by atoms with Gasteiger partial charge in [-0.05, 0) is 24.3 Å². The van der Waals surface area contributed by atoms with Crippen LogP contribution in [0.1, 0.15) is 47.3 Å². The van der Waals surface area contributed by atoms with E-state index < -0.39 is 5.60 Å². The van der Waals surface area contributed by atoms with Crippen molar-refractivity contribution in [3.63, 3.8) is 0 Å². The first-order valence-corrected chi connectivity index (χ1v) is 6.37. The Morgan fingerprint density at radius 2 is 2.12 bits per heavy atom. The predicted molar refractivity (Wildman–Crippen MR) is 63.0 cm³/mol. The maximum atomic E-state index is 11.5. The number of nitrogens with one attached hydrogen (secondary N) is 1. The molecule has 88 valence electrons. The molecule has 0 saturated heterocycles. The first-order valence-electron chi connectivity index (χ1n) is 5.49. The van der Waals surface area contributed by atoms with Crippen LogP contribution in [0.25, 0.3) is 0 Å². The summed E-state index contributed by atoms with van der Waals surface area (Å²) in [7, 11) is 0. The van der Waals surface area contributed by atoms with E-state index >= 15 is 0 Å². The fraction of sp³-hybridized carbons (Fsp3) is 0.545. The zero-order chi connectivity index (χ0) is 11.6. The van der Waals surface area contributed by atoms with Crippen molar-refractivity contribution in [3.05, 3.63) is 21.9 Å². The molecule has 1 aromatic heterocycles. The van der Waals surface area contributed by atoms with Crippen molar-refractivity contribution >= 4 is 17.2 Å². The molecule has 0 spiro atoms. The normalized spacial score (nSPS) is 19.4. The molecule has 1 aliphatic carbocycles. The van der Waals surface area contributed by atoms with Crippen molar-refractivity contribution in [1.29, 1.82) is 0 Å². The van der Waals surface area contributed by atoms with Crippen LogP contribution >= 0.6 is 11.3 Å². The number of hydrogen-bond donors (Lipinski definition) is 3. The van der Waals surface area contributed by atoms with Crippen LogP contribution in [0.2, 0.25) is 0 Å². The number of amides is 1. The van der Waals surface area contributed by atoms with Gasteiger partial charge in [-0.25, -0.2) is 5.84 Å². The molecule has 0 radical (unpaired) electrons. The molecule has 4 N–H and O–H groups in total. The van der Waals surface area contributed by atoms with E-state index in [9.17, 15) is 9.90 Å². The molecule has 0 unspecified atom stereocenters. The number of hydrazine groups is 1. The third kappa shape index (κ3) is 1.98. The molecule has 0 atom stereocenters. The Morgan fingerprint density at radius 1 is 1.44 bits per heavy atom. The first kappa shape index (κ1) is 11.6. The lowest BCUT2D eigenvalue weighted by molar-refractivity contribution is -0.000936. The van der Waals surface area contributed by atoms with Gasteiger partial charge in [0.25, 0.3) is 5.91 Å². The summed E-state index contributed by atoms with van der Waals surface area (Å²) in [6.45, 7) is 0. The molecule has 1 heterocycles. The lowest BCUT2D eigenvalue weighted by Gasteiger charge is -2.32. The van der Waals surface area contributed by atoms with Crippen LogP contribution in [0, 0.1) is 0 Å². The maximum Gasteiger partial charge on any atom is 0.275 e. The maximum absolute atomic E-state index is 11.5. The Bertz CT molecular complexity index is 383. The number of aliphatic hydroxyl groups is 1. The van der Waals surface area contributed by atoms with E-state index in [-0.39, 0.29) is 5.91 Å². The molecule has 0 bridgehead atoms. The molecule has 5 heteroatoms. The molecule has 1 fully saturated rings. The highest BCUT2D eigenvalue weighted by molar-refractivity contribution is 7.12. The zero-order valence-electron chi connectivity index (χ0n) is 9.03. The van der Waals surface area contributed by atoms with Crippen molar-refractivity contribution in [2.75, 3.05) is 0 Å². The smallest absolute Gasteiger partial charge is 0.275 e. The van der Waals surface area contributed by atoms with Gasteiger partial charge in [0, 0.05) is 5.56 Å². The molecule has 4 nitrogen and oxygen atoms in total. The number of rotatable bonds is 2. The summed E-state index contributed by atoms with van der Waals surface area (Å²) in [5, 5.41) is 12.4. The van der Waals surface area contributed by atoms with E-state index in [1.165, 1.54) is 11.3 Å². The largest absolute Gasteiger partial charge is 0.385 e. The van der Waals surface area contributed by atoms with E-state index in [2.05, 4.69) is 5.43 Å². The lowest BCUT2D eigenvalue weighted by Crippen LogP contribution is -2.34. The van der Waals surface area contributed by atoms with Crippen LogP contribution in [0.4, 0.5) is 0 Å². The van der Waals surface area contributed by atoms with Gasteiger partial charge in [0.05, 0.1) is 10.5 Å². The van der Waals surface area contributed by atoms with E-state index in [0.29, 0.717) is 4.88 Å². The van der Waals surface area contributed by atoms with Gasteiger partial charge in [0.15, 0.2) is 0 Å². The second kappa shape index (κ2) is 4.53. The summed E-state index contributed by atoms with van der Waals surface area (Å²) in [5.41, 5.74) is 2.03. The molecule has 0 aromatic carbocycles. The second-order valence-corrected chi connectivity index (χ2v) is 5.15. The molecule has 1 aliphatic rings. The molecular weight excluding hydrogens is 224 g/mol. The molecule has 1 aromatic rings. The monoisotopic (exact) mass is 240 g/mol. The van der Waals surface area contributed by atoms with Gasteiger partial charge in [-0.15, -0.1) is 11.3 Å². The summed E-state index contributed by atoms with van der Waals surface area (Å²) in [5.74, 6) is 4.81. The van der Waals surface area contributed by atoms with Gasteiger partial charge in [0.2, 0.25) is 0 Å². The van der Waals surface area contributed by atoms with Gasteiger partial charge < -0.3 is 5.11 Å². The third-order valence-electron chi connectivity index (χ3n) is 3.18. The fourth-order valence-electron chi connectivity index (χ4n) is 2.32. The summed E-state index contributed by atoms with van der Waals surface area (Å²) in [6, 6.07) is 1.83. The highest BCUT2D eigenvalue weighted by Gasteiger charge is 2.35. The Kier molecular flexibility index (Phi) is 3.28. The Labute approximate surface area is 98.4 Å². The minimum atomic E-state index is -0.833. The predicted octanol–water partition coefficient (Wildman–Crippen LogP) is 1.50. The highest BCUT2D eigenvalue weighted by atomic mass is 32.1. The summed E-state index contributed by atoms with van der Waals surface area (Å²) in [6.07, 6.45) is 4.64. The summed E-state index contributed by atoms with van der Waals surface area (Å²) < 4.78 is 0. The number of nitrogen functional groups attached to an aromatic ring is 1. The molecule has 0 aliphatic heterocycles. The number of nitrogens with two attached hydrogens (primary N) is 1. The highest BCUT2D eigenvalue weighted by Crippen LogP contribution is 2.40. The number of carbonyl (C=O) groups is 1. The Balaban J connectivity index is 2.32. The van der Waals surface area contributed by atoms with Crippen LogP contribution in [-0.4, -0.2) is 11.0 Å². The summed E-state index contributed by atoms with van der Waals surface area (Å²) >= 11 is 1.32. The molecule has 1 amide bonds. The molecular formula is C11H16N2O2S. The van der Waals surface area contributed by atoms with E-state index in [1.54, 1.807) is 0 Å². The quantitative estimate of drug-likeness (QED) is 0.416. The van der Waals surface area contributed by atoms with Crippen LogP contribution < -0.4 is 11.3 Å². The van der Waals surface area contributed by atoms with Crippen LogP contribution in [0.15, 0.2) is 11.4 Å². The van der Waals surface area contributed by atoms with Gasteiger partial charge in [-0.3, -0.25) is 10.2 Å². The van der Waals surface area contributed by atoms with Crippen molar-refractivity contribution in [2.45, 2.75) is 37.7 Å². The number of hydrogen-bond acceptors (Lipinski definition) is 4. The standard InChI is InChI=1S/C11H16N2O2S/c12-13-10(14)9-8(4-7-16-9)11(15)5-2-1-3-6-11/h4,7,15H,1-3,5-6,12H2,(H,13,14). The SMILES string of the molecule is NNC(=O)c1sccc1C1(O)CCCCC1. The fourth-order valence-corrected chi connectivity index (χ4v) is 3.21. The minimum absolute atomic E-state index is 0.316. The molecule has 2 rings (SSSR count). The van der Waals surface area contributed by atoms with Crippen molar-refractivity contribution < 1.29 is 9.90 Å². The average Bonchev–Trinajstić information content (AvgIpc) is 2.78. The average molecular weight is 240 g/mol. The Morgan fingerprint density at radius 3 is 2.75 bits per heavy atom. The van der Waals surface area contributed by atoms with Crippen molar-refractivity contribution in [1.82, 2.24) is 5.43 Å². The number of carbonyl (C=O) groups excluding carboxylic acids is 1. The summed E-state index contributed by atoms with van der Waals surface area (Å²) in [4.78, 5) is 12.1. The second-order valence-electron chi connectivity index (χ2n) is 4.23. The van der Waals surface area contributed by atoms with Gasteiger partial charge in [0.1, 0.15) is 0 Å². The third-order valence-corrected chi connectivity index (χ3v) is 4.10. The van der Waals surface area contributed by atoms with Crippen LogP contribution in [-0.2, 0) is 5.60 Å². The van der Waals surface area contributed by atoms with Gasteiger partial charge >= 0.3 is 0 Å². The van der Waals surface area contributed by atoms with Crippen LogP contribution in [0.3, 0.4) is 0 Å². The van der Waals surface area contributed by atoms with Crippen molar-refractivity contribution in [3.8, 4) is 0 Å². The van der Waals surface area contributed by atoms with Crippen LogP contribution in [0.5, 0.6) is 0 Å². The van der Waals surface area contributed by atoms with Gasteiger partial charge in [-0.1, -0.05) is 19.3 Å². The Hall–Kier alpha value is -0.910. The zero-order valence-corrected chi connectivity index (χ0v) is 9.85. The lowest BCUT2D eigenvalue weighted by atomic mass is 9.80. The molecule has 1 saturated carbocycles. The van der Waals surface area contributed by atoms with E-state index in [1.807, 2.05) is 11.4 Å². The molecule has 16 heavy (non-hydrogen) atoms.